The fourth-order valence-corrected chi connectivity index (χ4v) is 3.31. The molecule has 5 nitrogen and oxygen atoms in total. The van der Waals surface area contributed by atoms with Crippen LogP contribution in [-0.4, -0.2) is 37.2 Å². The molecule has 1 fully saturated rings. The minimum Gasteiger partial charge on any atom is -0.378 e. The van der Waals surface area contributed by atoms with Gasteiger partial charge in [0.2, 0.25) is 5.91 Å². The molecule has 1 aromatic heterocycles. The molecule has 142 valence electrons. The Morgan fingerprint density at radius 1 is 1.07 bits per heavy atom. The standard InChI is InChI=1S/C23H23N3O2/c27-23(11-9-20-6-3-5-19-4-1-2-7-21(19)20)25-17-18-8-10-22(24-16-18)26-12-14-28-15-13-26/h1-11,16H,12-15,17H2,(H,25,27)/b11-9+. The fourth-order valence-electron chi connectivity index (χ4n) is 3.31. The SMILES string of the molecule is O=C(/C=C/c1cccc2ccccc12)NCc1ccc(N2CCOCC2)nc1. The summed E-state index contributed by atoms with van der Waals surface area (Å²) in [7, 11) is 0. The summed E-state index contributed by atoms with van der Waals surface area (Å²) in [4.78, 5) is 18.9. The van der Waals surface area contributed by atoms with Gasteiger partial charge in [-0.05, 0) is 34.0 Å². The maximum Gasteiger partial charge on any atom is 0.244 e. The maximum absolute atomic E-state index is 12.2. The van der Waals surface area contributed by atoms with E-state index in [1.54, 1.807) is 6.08 Å². The molecule has 5 heteroatoms. The highest BCUT2D eigenvalue weighted by atomic mass is 16.5. The average Bonchev–Trinajstić information content (AvgIpc) is 2.77. The lowest BCUT2D eigenvalue weighted by molar-refractivity contribution is -0.116. The molecule has 0 unspecified atom stereocenters. The highest BCUT2D eigenvalue weighted by Crippen LogP contribution is 2.19. The molecule has 28 heavy (non-hydrogen) atoms. The van der Waals surface area contributed by atoms with Crippen LogP contribution in [0.25, 0.3) is 16.8 Å². The molecule has 0 spiro atoms. The lowest BCUT2D eigenvalue weighted by Gasteiger charge is -2.27. The van der Waals surface area contributed by atoms with Gasteiger partial charge in [-0.15, -0.1) is 0 Å². The minimum absolute atomic E-state index is 0.120. The second kappa shape index (κ2) is 8.67. The van der Waals surface area contributed by atoms with Crippen molar-refractivity contribution in [3.05, 3.63) is 78.0 Å². The van der Waals surface area contributed by atoms with Crippen LogP contribution in [0.5, 0.6) is 0 Å². The van der Waals surface area contributed by atoms with E-state index in [9.17, 15) is 4.79 Å². The molecule has 1 aliphatic rings. The molecule has 4 rings (SSSR count). The highest BCUT2D eigenvalue weighted by Gasteiger charge is 2.11. The number of nitrogens with zero attached hydrogens (tertiary/aromatic N) is 2. The summed E-state index contributed by atoms with van der Waals surface area (Å²) < 4.78 is 5.37. The number of aromatic nitrogens is 1. The van der Waals surface area contributed by atoms with E-state index >= 15 is 0 Å². The smallest absolute Gasteiger partial charge is 0.244 e. The Balaban J connectivity index is 1.34. The van der Waals surface area contributed by atoms with Gasteiger partial charge in [0.1, 0.15) is 5.82 Å². The van der Waals surface area contributed by atoms with Crippen molar-refractivity contribution in [3.8, 4) is 0 Å². The molecule has 3 aromatic rings. The summed E-state index contributed by atoms with van der Waals surface area (Å²) in [6, 6.07) is 18.2. The molecular weight excluding hydrogens is 350 g/mol. The summed E-state index contributed by atoms with van der Waals surface area (Å²) in [5, 5.41) is 5.22. The third kappa shape index (κ3) is 4.38. The van der Waals surface area contributed by atoms with Crippen molar-refractivity contribution in [3.63, 3.8) is 0 Å². The van der Waals surface area contributed by atoms with Gasteiger partial charge in [-0.25, -0.2) is 4.98 Å². The number of benzene rings is 2. The van der Waals surface area contributed by atoms with E-state index in [-0.39, 0.29) is 5.91 Å². The van der Waals surface area contributed by atoms with Gasteiger partial charge in [0, 0.05) is 31.9 Å². The Morgan fingerprint density at radius 2 is 1.89 bits per heavy atom. The van der Waals surface area contributed by atoms with Gasteiger partial charge in [0.25, 0.3) is 0 Å². The molecule has 0 saturated carbocycles. The number of hydrogen-bond donors (Lipinski definition) is 1. The first-order valence-electron chi connectivity index (χ1n) is 9.51. The predicted molar refractivity (Wildman–Crippen MR) is 112 cm³/mol. The zero-order valence-corrected chi connectivity index (χ0v) is 15.7. The Bertz CT molecular complexity index is 971. The Kier molecular flexibility index (Phi) is 5.64. The number of fused-ring (bicyclic) bond motifs is 1. The van der Waals surface area contributed by atoms with Crippen LogP contribution in [0.15, 0.2) is 66.9 Å². The second-order valence-electron chi connectivity index (χ2n) is 6.74. The molecule has 1 aliphatic heterocycles. The molecule has 1 saturated heterocycles. The molecule has 1 N–H and O–H groups in total. The summed E-state index contributed by atoms with van der Waals surface area (Å²) in [6.45, 7) is 3.66. The average molecular weight is 373 g/mol. The monoisotopic (exact) mass is 373 g/mol. The summed E-state index contributed by atoms with van der Waals surface area (Å²) in [5.74, 6) is 0.833. The van der Waals surface area contributed by atoms with Crippen LogP contribution in [-0.2, 0) is 16.1 Å². The third-order valence-electron chi connectivity index (χ3n) is 4.85. The van der Waals surface area contributed by atoms with Crippen LogP contribution in [0.2, 0.25) is 0 Å². The summed E-state index contributed by atoms with van der Waals surface area (Å²) >= 11 is 0. The number of nitrogens with one attached hydrogen (secondary N) is 1. The van der Waals surface area contributed by atoms with Gasteiger partial charge >= 0.3 is 0 Å². The van der Waals surface area contributed by atoms with Crippen LogP contribution < -0.4 is 10.2 Å². The lowest BCUT2D eigenvalue weighted by Crippen LogP contribution is -2.36. The van der Waals surface area contributed by atoms with E-state index in [1.165, 1.54) is 0 Å². The lowest BCUT2D eigenvalue weighted by atomic mass is 10.0. The van der Waals surface area contributed by atoms with Gasteiger partial charge in [0.15, 0.2) is 0 Å². The number of amides is 1. The zero-order valence-electron chi connectivity index (χ0n) is 15.7. The number of hydrogen-bond acceptors (Lipinski definition) is 4. The van der Waals surface area contributed by atoms with E-state index in [1.807, 2.05) is 48.7 Å². The molecule has 0 aliphatic carbocycles. The molecular formula is C23H23N3O2. The van der Waals surface area contributed by atoms with Crippen LogP contribution in [0, 0.1) is 0 Å². The second-order valence-corrected chi connectivity index (χ2v) is 6.74. The number of anilines is 1. The van der Waals surface area contributed by atoms with Crippen molar-refractivity contribution in [2.75, 3.05) is 31.2 Å². The number of carbonyl (C=O) groups is 1. The van der Waals surface area contributed by atoms with E-state index in [0.29, 0.717) is 6.54 Å². The maximum atomic E-state index is 12.2. The number of ether oxygens (including phenoxy) is 1. The van der Waals surface area contributed by atoms with Crippen molar-refractivity contribution in [2.45, 2.75) is 6.54 Å². The molecule has 1 amide bonds. The quantitative estimate of drug-likeness (QED) is 0.697. The summed E-state index contributed by atoms with van der Waals surface area (Å²) in [5.41, 5.74) is 2.01. The third-order valence-corrected chi connectivity index (χ3v) is 4.85. The van der Waals surface area contributed by atoms with Crippen LogP contribution in [0.3, 0.4) is 0 Å². The first-order chi connectivity index (χ1) is 13.8. The van der Waals surface area contributed by atoms with Crippen molar-refractivity contribution in [1.82, 2.24) is 10.3 Å². The number of rotatable bonds is 5. The zero-order chi connectivity index (χ0) is 19.2. The van der Waals surface area contributed by atoms with Gasteiger partial charge in [-0.1, -0.05) is 48.5 Å². The largest absolute Gasteiger partial charge is 0.378 e. The topological polar surface area (TPSA) is 54.5 Å². The van der Waals surface area contributed by atoms with E-state index < -0.39 is 0 Å². The molecule has 0 radical (unpaired) electrons. The van der Waals surface area contributed by atoms with E-state index in [4.69, 9.17) is 4.74 Å². The van der Waals surface area contributed by atoms with Crippen molar-refractivity contribution in [1.29, 1.82) is 0 Å². The van der Waals surface area contributed by atoms with Gasteiger partial charge in [-0.3, -0.25) is 4.79 Å². The van der Waals surface area contributed by atoms with Crippen molar-refractivity contribution < 1.29 is 9.53 Å². The molecule has 2 heterocycles. The predicted octanol–water partition coefficient (Wildman–Crippen LogP) is 3.40. The first-order valence-corrected chi connectivity index (χ1v) is 9.51. The van der Waals surface area contributed by atoms with E-state index in [0.717, 1.165) is 54.0 Å². The van der Waals surface area contributed by atoms with Gasteiger partial charge in [0.05, 0.1) is 13.2 Å². The van der Waals surface area contributed by atoms with Gasteiger partial charge < -0.3 is 15.0 Å². The number of carbonyl (C=O) groups excluding carboxylic acids is 1. The van der Waals surface area contributed by atoms with Crippen molar-refractivity contribution in [2.24, 2.45) is 0 Å². The Morgan fingerprint density at radius 3 is 2.71 bits per heavy atom. The molecule has 0 bridgehead atoms. The van der Waals surface area contributed by atoms with E-state index in [2.05, 4.69) is 33.4 Å². The fraction of sp³-hybridized carbons (Fsp3) is 0.217. The molecule has 0 atom stereocenters. The Labute approximate surface area is 164 Å². The van der Waals surface area contributed by atoms with Crippen molar-refractivity contribution >= 4 is 28.6 Å². The van der Waals surface area contributed by atoms with Crippen LogP contribution in [0.4, 0.5) is 5.82 Å². The number of pyridine rings is 1. The number of morpholine rings is 1. The highest BCUT2D eigenvalue weighted by molar-refractivity contribution is 5.96. The van der Waals surface area contributed by atoms with Crippen LogP contribution in [0.1, 0.15) is 11.1 Å². The minimum atomic E-state index is -0.120. The summed E-state index contributed by atoms with van der Waals surface area (Å²) in [6.07, 6.45) is 5.26. The normalized spacial score (nSPS) is 14.5. The van der Waals surface area contributed by atoms with Crippen LogP contribution >= 0.6 is 0 Å². The first kappa shape index (κ1) is 18.2. The molecule has 2 aromatic carbocycles. The Hall–Kier alpha value is -3.18. The van der Waals surface area contributed by atoms with Gasteiger partial charge in [-0.2, -0.15) is 0 Å².